The van der Waals surface area contributed by atoms with Crippen molar-refractivity contribution in [2.24, 2.45) is 0 Å². The van der Waals surface area contributed by atoms with Crippen LogP contribution in [0.15, 0.2) is 46.9 Å². The third-order valence-electron chi connectivity index (χ3n) is 3.06. The van der Waals surface area contributed by atoms with Gasteiger partial charge in [-0.05, 0) is 29.8 Å². The summed E-state index contributed by atoms with van der Waals surface area (Å²) in [4.78, 5) is 23.3. The largest absolute Gasteiger partial charge is 0.480 e. The number of amides is 1. The zero-order valence-electron chi connectivity index (χ0n) is 11.7. The zero-order valence-corrected chi connectivity index (χ0v) is 13.3. The molecular formula is C16H12BrF2NO3. The van der Waals surface area contributed by atoms with Crippen molar-refractivity contribution < 1.29 is 23.5 Å². The molecule has 1 atom stereocenters. The second-order valence-electron chi connectivity index (χ2n) is 4.86. The van der Waals surface area contributed by atoms with Gasteiger partial charge < -0.3 is 10.4 Å². The Bertz CT molecular complexity index is 732. The molecule has 0 aliphatic carbocycles. The fourth-order valence-corrected chi connectivity index (χ4v) is 2.47. The van der Waals surface area contributed by atoms with Crippen LogP contribution in [0, 0.1) is 11.6 Å². The molecule has 0 bridgehead atoms. The van der Waals surface area contributed by atoms with E-state index in [0.29, 0.717) is 11.6 Å². The minimum Gasteiger partial charge on any atom is -0.480 e. The fourth-order valence-electron chi connectivity index (χ4n) is 2.03. The van der Waals surface area contributed by atoms with E-state index in [0.717, 1.165) is 16.6 Å². The number of halogens is 3. The van der Waals surface area contributed by atoms with Gasteiger partial charge in [0.05, 0.1) is 0 Å². The summed E-state index contributed by atoms with van der Waals surface area (Å²) in [6, 6.07) is 8.07. The molecule has 0 saturated heterocycles. The number of nitrogens with one attached hydrogen (secondary N) is 1. The van der Waals surface area contributed by atoms with Gasteiger partial charge in [0.2, 0.25) is 0 Å². The van der Waals surface area contributed by atoms with Gasteiger partial charge in [-0.25, -0.2) is 13.6 Å². The van der Waals surface area contributed by atoms with E-state index in [1.54, 1.807) is 24.3 Å². The molecule has 0 unspecified atom stereocenters. The van der Waals surface area contributed by atoms with Crippen molar-refractivity contribution in [3.8, 4) is 0 Å². The minimum atomic E-state index is -1.24. The number of aliphatic carboxylic acids is 1. The Morgan fingerprint density at radius 2 is 1.78 bits per heavy atom. The molecule has 0 fully saturated rings. The Labute approximate surface area is 139 Å². The van der Waals surface area contributed by atoms with Gasteiger partial charge in [0.15, 0.2) is 0 Å². The Balaban J connectivity index is 2.15. The fraction of sp³-hybridized carbons (Fsp3) is 0.125. The summed E-state index contributed by atoms with van der Waals surface area (Å²) >= 11 is 3.27. The lowest BCUT2D eigenvalue weighted by atomic mass is 10.1. The van der Waals surface area contributed by atoms with Crippen LogP contribution in [0.4, 0.5) is 8.78 Å². The maximum atomic E-state index is 13.1. The van der Waals surface area contributed by atoms with Crippen molar-refractivity contribution in [3.63, 3.8) is 0 Å². The van der Waals surface area contributed by atoms with Gasteiger partial charge in [0.1, 0.15) is 17.7 Å². The summed E-state index contributed by atoms with van der Waals surface area (Å²) < 4.78 is 27.0. The van der Waals surface area contributed by atoms with Crippen LogP contribution >= 0.6 is 15.9 Å². The first-order valence-corrected chi connectivity index (χ1v) is 7.38. The van der Waals surface area contributed by atoms with Crippen LogP contribution in [-0.2, 0) is 11.2 Å². The molecule has 120 valence electrons. The average Bonchev–Trinajstić information content (AvgIpc) is 2.45. The van der Waals surface area contributed by atoms with E-state index in [2.05, 4.69) is 21.2 Å². The quantitative estimate of drug-likeness (QED) is 0.833. The molecule has 4 nitrogen and oxygen atoms in total. The molecule has 1 amide bonds. The van der Waals surface area contributed by atoms with Crippen molar-refractivity contribution in [2.45, 2.75) is 12.5 Å². The molecule has 0 radical (unpaired) electrons. The van der Waals surface area contributed by atoms with Gasteiger partial charge >= 0.3 is 5.97 Å². The third kappa shape index (κ3) is 4.85. The molecule has 2 rings (SSSR count). The van der Waals surface area contributed by atoms with E-state index in [1.807, 2.05) is 0 Å². The Morgan fingerprint density at radius 1 is 1.13 bits per heavy atom. The minimum absolute atomic E-state index is 0.0400. The van der Waals surface area contributed by atoms with E-state index in [9.17, 15) is 23.5 Å². The predicted octanol–water partition coefficient (Wildman–Crippen LogP) is 3.15. The van der Waals surface area contributed by atoms with Crippen LogP contribution in [-0.4, -0.2) is 23.0 Å². The molecule has 0 aliphatic heterocycles. The molecule has 0 aliphatic rings. The summed E-state index contributed by atoms with van der Waals surface area (Å²) in [6.45, 7) is 0. The van der Waals surface area contributed by atoms with Gasteiger partial charge in [-0.15, -0.1) is 0 Å². The van der Waals surface area contributed by atoms with Crippen LogP contribution in [0.1, 0.15) is 15.9 Å². The summed E-state index contributed by atoms with van der Waals surface area (Å²) in [7, 11) is 0. The number of carboxylic acids is 1. The van der Waals surface area contributed by atoms with Gasteiger partial charge in [-0.3, -0.25) is 4.79 Å². The number of carbonyl (C=O) groups is 2. The molecule has 0 spiro atoms. The van der Waals surface area contributed by atoms with Crippen LogP contribution in [0.2, 0.25) is 0 Å². The molecule has 2 N–H and O–H groups in total. The standard InChI is InChI=1S/C16H12BrF2NO3/c17-11-3-1-2-9(4-11)5-14(16(22)23)20-15(21)10-6-12(18)8-13(19)7-10/h1-4,6-8,14H,5H2,(H,20,21)(H,22,23)/t14-/m1/s1. The Kier molecular flexibility index (Phi) is 5.44. The summed E-state index contributed by atoms with van der Waals surface area (Å²) in [6.07, 6.45) is 0.0400. The van der Waals surface area contributed by atoms with Crippen LogP contribution in [0.5, 0.6) is 0 Å². The average molecular weight is 384 g/mol. The van der Waals surface area contributed by atoms with Crippen molar-refractivity contribution in [1.82, 2.24) is 5.32 Å². The Hall–Kier alpha value is -2.28. The molecular weight excluding hydrogens is 372 g/mol. The number of hydrogen-bond donors (Lipinski definition) is 2. The monoisotopic (exact) mass is 383 g/mol. The van der Waals surface area contributed by atoms with Gasteiger partial charge in [0, 0.05) is 22.5 Å². The summed E-state index contributed by atoms with van der Waals surface area (Å²) in [5.74, 6) is -3.91. The number of benzene rings is 2. The lowest BCUT2D eigenvalue weighted by Gasteiger charge is -2.15. The van der Waals surface area contributed by atoms with Crippen LogP contribution < -0.4 is 5.32 Å². The SMILES string of the molecule is O=C(N[C@H](Cc1cccc(Br)c1)C(=O)O)c1cc(F)cc(F)c1. The number of carboxylic acid groups (broad SMARTS) is 1. The zero-order chi connectivity index (χ0) is 17.0. The second kappa shape index (κ2) is 7.32. The van der Waals surface area contributed by atoms with E-state index in [-0.39, 0.29) is 12.0 Å². The topological polar surface area (TPSA) is 66.4 Å². The predicted molar refractivity (Wildman–Crippen MR) is 83.1 cm³/mol. The lowest BCUT2D eigenvalue weighted by molar-refractivity contribution is -0.139. The smallest absolute Gasteiger partial charge is 0.326 e. The second-order valence-corrected chi connectivity index (χ2v) is 5.77. The highest BCUT2D eigenvalue weighted by Gasteiger charge is 2.22. The summed E-state index contributed by atoms with van der Waals surface area (Å²) in [5, 5.41) is 11.5. The highest BCUT2D eigenvalue weighted by atomic mass is 79.9. The molecule has 2 aromatic carbocycles. The van der Waals surface area contributed by atoms with Crippen molar-refractivity contribution in [1.29, 1.82) is 0 Å². The van der Waals surface area contributed by atoms with Crippen LogP contribution in [0.25, 0.3) is 0 Å². The summed E-state index contributed by atoms with van der Waals surface area (Å²) in [5.41, 5.74) is 0.417. The molecule has 2 aromatic rings. The highest BCUT2D eigenvalue weighted by Crippen LogP contribution is 2.14. The van der Waals surface area contributed by atoms with Crippen molar-refractivity contribution in [2.75, 3.05) is 0 Å². The van der Waals surface area contributed by atoms with E-state index in [1.165, 1.54) is 0 Å². The molecule has 0 aromatic heterocycles. The van der Waals surface area contributed by atoms with E-state index in [4.69, 9.17) is 0 Å². The van der Waals surface area contributed by atoms with Gasteiger partial charge in [-0.2, -0.15) is 0 Å². The first-order valence-electron chi connectivity index (χ1n) is 6.59. The highest BCUT2D eigenvalue weighted by molar-refractivity contribution is 9.10. The normalized spacial score (nSPS) is 11.8. The van der Waals surface area contributed by atoms with E-state index < -0.39 is 29.6 Å². The third-order valence-corrected chi connectivity index (χ3v) is 3.55. The molecule has 0 heterocycles. The first kappa shape index (κ1) is 17.1. The number of hydrogen-bond acceptors (Lipinski definition) is 2. The maximum Gasteiger partial charge on any atom is 0.326 e. The first-order chi connectivity index (χ1) is 10.8. The maximum absolute atomic E-state index is 13.1. The Morgan fingerprint density at radius 3 is 2.35 bits per heavy atom. The van der Waals surface area contributed by atoms with E-state index >= 15 is 0 Å². The molecule has 7 heteroatoms. The lowest BCUT2D eigenvalue weighted by Crippen LogP contribution is -2.42. The molecule has 23 heavy (non-hydrogen) atoms. The number of carbonyl (C=O) groups excluding carboxylic acids is 1. The number of rotatable bonds is 5. The van der Waals surface area contributed by atoms with Crippen molar-refractivity contribution in [3.05, 3.63) is 69.7 Å². The van der Waals surface area contributed by atoms with Gasteiger partial charge in [0.25, 0.3) is 5.91 Å². The molecule has 0 saturated carbocycles. The van der Waals surface area contributed by atoms with Gasteiger partial charge in [-0.1, -0.05) is 28.1 Å². The van der Waals surface area contributed by atoms with Crippen molar-refractivity contribution >= 4 is 27.8 Å². The van der Waals surface area contributed by atoms with Crippen LogP contribution in [0.3, 0.4) is 0 Å².